The van der Waals surface area contributed by atoms with Crippen molar-refractivity contribution >= 4 is 11.9 Å². The summed E-state index contributed by atoms with van der Waals surface area (Å²) in [6, 6.07) is 25.7. The number of hydrogen-bond acceptors (Lipinski definition) is 7. The van der Waals surface area contributed by atoms with E-state index in [1.54, 1.807) is 14.2 Å². The smallest absolute Gasteiger partial charge is 0.306 e. The number of rotatable bonds is 17. The lowest BCUT2D eigenvalue weighted by Gasteiger charge is -2.36. The van der Waals surface area contributed by atoms with E-state index in [0.717, 1.165) is 34.6 Å². The number of carbonyl (C=O) groups excluding carboxylic acids is 2. The zero-order valence-electron chi connectivity index (χ0n) is 23.5. The first kappa shape index (κ1) is 30.7. The molecule has 3 aromatic rings. The molecule has 0 radical (unpaired) electrons. The van der Waals surface area contributed by atoms with Crippen molar-refractivity contribution in [2.75, 3.05) is 47.2 Å². The third-order valence-electron chi connectivity index (χ3n) is 6.34. The van der Waals surface area contributed by atoms with Crippen molar-refractivity contribution in [2.24, 2.45) is 0 Å². The summed E-state index contributed by atoms with van der Waals surface area (Å²) in [5, 5.41) is 2.74. The van der Waals surface area contributed by atoms with Crippen LogP contribution in [0.4, 0.5) is 0 Å². The minimum absolute atomic E-state index is 0.0436. The fourth-order valence-electron chi connectivity index (χ4n) is 4.29. The second-order valence-corrected chi connectivity index (χ2v) is 9.04. The number of benzene rings is 3. The summed E-state index contributed by atoms with van der Waals surface area (Å²) in [4.78, 5) is 23.5. The van der Waals surface area contributed by atoms with Gasteiger partial charge in [0.15, 0.2) is 0 Å². The van der Waals surface area contributed by atoms with Gasteiger partial charge in [-0.25, -0.2) is 0 Å². The molecular weight excluding hydrogens is 510 g/mol. The lowest BCUT2D eigenvalue weighted by molar-refractivity contribution is -0.146. The third-order valence-corrected chi connectivity index (χ3v) is 6.34. The van der Waals surface area contributed by atoms with Gasteiger partial charge in [-0.2, -0.15) is 0 Å². The number of methoxy groups -OCH3 is 2. The first-order chi connectivity index (χ1) is 19.5. The van der Waals surface area contributed by atoms with Crippen LogP contribution in [0.15, 0.2) is 78.9 Å². The van der Waals surface area contributed by atoms with Gasteiger partial charge in [0.25, 0.3) is 0 Å². The van der Waals surface area contributed by atoms with Crippen LogP contribution < -0.4 is 14.8 Å². The molecule has 8 nitrogen and oxygen atoms in total. The molecule has 0 aromatic heterocycles. The summed E-state index contributed by atoms with van der Waals surface area (Å²) < 4.78 is 28.4. The number of ether oxygens (including phenoxy) is 5. The number of esters is 1. The predicted octanol–water partition coefficient (Wildman–Crippen LogP) is 4.88. The summed E-state index contributed by atoms with van der Waals surface area (Å²) in [6.07, 6.45) is 1.01. The highest BCUT2D eigenvalue weighted by molar-refractivity contribution is 5.81. The van der Waals surface area contributed by atoms with Crippen molar-refractivity contribution < 1.29 is 33.3 Å². The van der Waals surface area contributed by atoms with Crippen LogP contribution in [-0.4, -0.2) is 59.1 Å². The quantitative estimate of drug-likeness (QED) is 0.146. The van der Waals surface area contributed by atoms with Gasteiger partial charge in [0, 0.05) is 13.0 Å². The SMILES string of the molecule is CCCNC(=O)CCC(=O)OCCOCCOC(c1ccccc1)(c1ccc(OC)cc1)c1ccc(OC)cc1. The Morgan fingerprint density at radius 3 is 1.80 bits per heavy atom. The molecule has 214 valence electrons. The molecule has 0 heterocycles. The average Bonchev–Trinajstić information content (AvgIpc) is 3.01. The van der Waals surface area contributed by atoms with E-state index in [0.29, 0.717) is 6.54 Å². The fourth-order valence-corrected chi connectivity index (χ4v) is 4.29. The molecule has 3 rings (SSSR count). The summed E-state index contributed by atoms with van der Waals surface area (Å²) in [7, 11) is 3.27. The van der Waals surface area contributed by atoms with Crippen molar-refractivity contribution in [3.63, 3.8) is 0 Å². The molecule has 0 bridgehead atoms. The van der Waals surface area contributed by atoms with E-state index in [1.165, 1.54) is 0 Å². The number of amides is 1. The van der Waals surface area contributed by atoms with Crippen molar-refractivity contribution in [2.45, 2.75) is 31.8 Å². The molecule has 0 fully saturated rings. The summed E-state index contributed by atoms with van der Waals surface area (Å²) >= 11 is 0. The molecule has 8 heteroatoms. The van der Waals surface area contributed by atoms with E-state index in [9.17, 15) is 9.59 Å². The van der Waals surface area contributed by atoms with Gasteiger partial charge >= 0.3 is 5.97 Å². The minimum Gasteiger partial charge on any atom is -0.497 e. The van der Waals surface area contributed by atoms with E-state index in [4.69, 9.17) is 23.7 Å². The van der Waals surface area contributed by atoms with Gasteiger partial charge in [0.1, 0.15) is 23.7 Å². The second-order valence-electron chi connectivity index (χ2n) is 9.04. The number of hydrogen-bond donors (Lipinski definition) is 1. The summed E-state index contributed by atoms with van der Waals surface area (Å²) in [5.74, 6) is 0.927. The highest BCUT2D eigenvalue weighted by Gasteiger charge is 2.37. The molecule has 40 heavy (non-hydrogen) atoms. The first-order valence-corrected chi connectivity index (χ1v) is 13.5. The third kappa shape index (κ3) is 8.56. The molecule has 0 unspecified atom stereocenters. The second kappa shape index (κ2) is 16.3. The van der Waals surface area contributed by atoms with Gasteiger partial charge in [-0.15, -0.1) is 0 Å². The molecule has 1 N–H and O–H groups in total. The molecule has 0 aliphatic heterocycles. The molecule has 0 aliphatic rings. The Morgan fingerprint density at radius 2 is 1.25 bits per heavy atom. The predicted molar refractivity (Wildman–Crippen MR) is 153 cm³/mol. The molecule has 0 saturated carbocycles. The maximum atomic E-state index is 11.9. The van der Waals surface area contributed by atoms with Crippen molar-refractivity contribution in [1.82, 2.24) is 5.32 Å². The fraction of sp³-hybridized carbons (Fsp3) is 0.375. The van der Waals surface area contributed by atoms with Gasteiger partial charge in [-0.1, -0.05) is 61.5 Å². The van der Waals surface area contributed by atoms with Crippen LogP contribution in [0.25, 0.3) is 0 Å². The van der Waals surface area contributed by atoms with Crippen LogP contribution in [0.1, 0.15) is 42.9 Å². The van der Waals surface area contributed by atoms with Crippen LogP contribution in [0, 0.1) is 0 Å². The normalized spacial score (nSPS) is 11.1. The average molecular weight is 550 g/mol. The van der Waals surface area contributed by atoms with Gasteiger partial charge in [-0.3, -0.25) is 9.59 Å². The monoisotopic (exact) mass is 549 g/mol. The van der Waals surface area contributed by atoms with Crippen LogP contribution in [0.2, 0.25) is 0 Å². The minimum atomic E-state index is -0.923. The van der Waals surface area contributed by atoms with E-state index >= 15 is 0 Å². The van der Waals surface area contributed by atoms with E-state index < -0.39 is 11.6 Å². The highest BCUT2D eigenvalue weighted by atomic mass is 16.6. The van der Waals surface area contributed by atoms with Gasteiger partial charge < -0.3 is 29.0 Å². The maximum Gasteiger partial charge on any atom is 0.306 e. The topological polar surface area (TPSA) is 92.3 Å². The Hall–Kier alpha value is -3.88. The first-order valence-electron chi connectivity index (χ1n) is 13.5. The molecule has 0 atom stereocenters. The summed E-state index contributed by atoms with van der Waals surface area (Å²) in [6.45, 7) is 3.47. The molecule has 1 amide bonds. The van der Waals surface area contributed by atoms with Crippen LogP contribution in [0.3, 0.4) is 0 Å². The Morgan fingerprint density at radius 1 is 0.700 bits per heavy atom. The standard InChI is InChI=1S/C32H39NO7/c1-4-20-33-30(34)18-19-31(35)39-23-21-38-22-24-40-32(25-8-6-5-7-9-25,26-10-14-28(36-2)15-11-26)27-12-16-29(37-3)17-13-27/h5-17H,4,18-24H2,1-3H3,(H,33,34). The Labute approximate surface area is 236 Å². The van der Waals surface area contributed by atoms with E-state index in [1.807, 2.05) is 85.8 Å². The number of nitrogens with one attached hydrogen (secondary N) is 1. The molecular formula is C32H39NO7. The Bertz CT molecular complexity index is 1120. The Balaban J connectivity index is 1.66. The van der Waals surface area contributed by atoms with Crippen molar-refractivity contribution in [3.05, 3.63) is 95.6 Å². The lowest BCUT2D eigenvalue weighted by Crippen LogP contribution is -2.34. The lowest BCUT2D eigenvalue weighted by atomic mass is 9.80. The van der Waals surface area contributed by atoms with E-state index in [2.05, 4.69) is 5.32 Å². The van der Waals surface area contributed by atoms with Crippen LogP contribution in [0.5, 0.6) is 11.5 Å². The summed E-state index contributed by atoms with van der Waals surface area (Å²) in [5.41, 5.74) is 1.90. The number of carbonyl (C=O) groups is 2. The van der Waals surface area contributed by atoms with Crippen molar-refractivity contribution in [3.8, 4) is 11.5 Å². The van der Waals surface area contributed by atoms with Crippen molar-refractivity contribution in [1.29, 1.82) is 0 Å². The molecule has 3 aromatic carbocycles. The van der Waals surface area contributed by atoms with Gasteiger partial charge in [0.05, 0.1) is 40.5 Å². The highest BCUT2D eigenvalue weighted by Crippen LogP contribution is 2.41. The van der Waals surface area contributed by atoms with Crippen LogP contribution >= 0.6 is 0 Å². The molecule has 0 spiro atoms. The zero-order chi connectivity index (χ0) is 28.6. The zero-order valence-corrected chi connectivity index (χ0v) is 23.5. The van der Waals surface area contributed by atoms with Gasteiger partial charge in [-0.05, 0) is 47.4 Å². The van der Waals surface area contributed by atoms with Crippen LogP contribution in [-0.2, 0) is 29.4 Å². The Kier molecular flexibility index (Phi) is 12.5. The van der Waals surface area contributed by atoms with E-state index in [-0.39, 0.29) is 45.2 Å². The largest absolute Gasteiger partial charge is 0.497 e. The van der Waals surface area contributed by atoms with Gasteiger partial charge in [0.2, 0.25) is 5.91 Å². The molecule has 0 aliphatic carbocycles. The maximum absolute atomic E-state index is 11.9. The molecule has 0 saturated heterocycles.